The zero-order valence-corrected chi connectivity index (χ0v) is 19.8. The monoisotopic (exact) mass is 486 g/mol. The van der Waals surface area contributed by atoms with E-state index in [1.54, 1.807) is 6.07 Å². The number of hydrogen-bond donors (Lipinski definition) is 0. The summed E-state index contributed by atoms with van der Waals surface area (Å²) in [5, 5.41) is -0.178. The first-order chi connectivity index (χ1) is 16.6. The second-order valence-electron chi connectivity index (χ2n) is 7.05. The predicted molar refractivity (Wildman–Crippen MR) is 122 cm³/mol. The number of ether oxygens (including phenoxy) is 6. The van der Waals surface area contributed by atoms with Crippen molar-refractivity contribution in [3.63, 3.8) is 0 Å². The van der Waals surface area contributed by atoms with Crippen LogP contribution in [0.1, 0.15) is 20.8 Å². The van der Waals surface area contributed by atoms with Gasteiger partial charge in [-0.05, 0) is 18.2 Å². The molecule has 2 aromatic carbocycles. The van der Waals surface area contributed by atoms with Crippen molar-refractivity contribution < 1.29 is 47.2 Å². The van der Waals surface area contributed by atoms with Crippen molar-refractivity contribution >= 4 is 28.9 Å². The second-order valence-corrected chi connectivity index (χ2v) is 7.05. The molecule has 0 amide bonds. The lowest BCUT2D eigenvalue weighted by atomic mass is 10.1. The van der Waals surface area contributed by atoms with Crippen LogP contribution in [0, 0.1) is 0 Å². The normalized spacial score (nSPS) is 10.5. The highest BCUT2D eigenvalue weighted by Crippen LogP contribution is 2.51. The molecule has 0 saturated heterocycles. The van der Waals surface area contributed by atoms with Crippen LogP contribution in [0.3, 0.4) is 0 Å². The van der Waals surface area contributed by atoms with Crippen molar-refractivity contribution in [3.8, 4) is 45.8 Å². The Bertz CT molecular complexity index is 1380. The van der Waals surface area contributed by atoms with Gasteiger partial charge in [0, 0.05) is 32.4 Å². The Balaban J connectivity index is 2.41. The Labute approximate surface area is 199 Å². The SMILES string of the molecule is COc1ccc(-c2cc(=O)c3c(OC(C)=O)c(OC)c(OC(C)=O)c(OC)c3o2)cc1OC(C)=O. The minimum Gasteiger partial charge on any atom is -0.493 e. The van der Waals surface area contributed by atoms with Gasteiger partial charge in [0.15, 0.2) is 28.3 Å². The molecule has 0 aliphatic carbocycles. The maximum atomic E-state index is 13.3. The molecule has 0 N–H and O–H groups in total. The minimum absolute atomic E-state index is 0.0459. The summed E-state index contributed by atoms with van der Waals surface area (Å²) in [7, 11) is 3.92. The lowest BCUT2D eigenvalue weighted by molar-refractivity contribution is -0.133. The van der Waals surface area contributed by atoms with Gasteiger partial charge in [-0.2, -0.15) is 0 Å². The highest BCUT2D eigenvalue weighted by Gasteiger charge is 2.30. The fraction of sp³-hybridized carbons (Fsp3) is 0.250. The van der Waals surface area contributed by atoms with Crippen LogP contribution in [0.4, 0.5) is 0 Å². The molecule has 0 unspecified atom stereocenters. The number of fused-ring (bicyclic) bond motifs is 1. The minimum atomic E-state index is -0.756. The van der Waals surface area contributed by atoms with E-state index in [4.69, 9.17) is 32.8 Å². The molecule has 0 aliphatic rings. The molecule has 0 saturated carbocycles. The van der Waals surface area contributed by atoms with Crippen molar-refractivity contribution in [3.05, 3.63) is 34.5 Å². The van der Waals surface area contributed by atoms with Crippen LogP contribution < -0.4 is 33.8 Å². The number of methoxy groups -OCH3 is 3. The number of carbonyl (C=O) groups is 3. The van der Waals surface area contributed by atoms with Gasteiger partial charge in [-0.15, -0.1) is 0 Å². The van der Waals surface area contributed by atoms with Crippen molar-refractivity contribution in [1.29, 1.82) is 0 Å². The Morgan fingerprint density at radius 2 is 1.29 bits per heavy atom. The van der Waals surface area contributed by atoms with Crippen LogP contribution in [0.5, 0.6) is 34.5 Å². The summed E-state index contributed by atoms with van der Waals surface area (Å²) < 4.78 is 37.6. The summed E-state index contributed by atoms with van der Waals surface area (Å²) in [4.78, 5) is 48.3. The van der Waals surface area contributed by atoms with Gasteiger partial charge in [0.2, 0.25) is 17.2 Å². The van der Waals surface area contributed by atoms with Gasteiger partial charge in [-0.3, -0.25) is 19.2 Å². The van der Waals surface area contributed by atoms with E-state index in [1.807, 2.05) is 0 Å². The molecule has 3 rings (SSSR count). The molecular formula is C24H22O11. The van der Waals surface area contributed by atoms with E-state index < -0.39 is 23.3 Å². The van der Waals surface area contributed by atoms with E-state index in [-0.39, 0.29) is 51.2 Å². The molecule has 0 atom stereocenters. The average Bonchev–Trinajstić information content (AvgIpc) is 2.77. The number of rotatable bonds is 7. The van der Waals surface area contributed by atoms with Gasteiger partial charge in [0.05, 0.1) is 21.3 Å². The highest BCUT2D eigenvalue weighted by molar-refractivity contribution is 5.98. The summed E-state index contributed by atoms with van der Waals surface area (Å²) in [6, 6.07) is 5.70. The highest BCUT2D eigenvalue weighted by atomic mass is 16.6. The van der Waals surface area contributed by atoms with E-state index in [2.05, 4.69) is 0 Å². The van der Waals surface area contributed by atoms with Gasteiger partial charge in [0.25, 0.3) is 0 Å². The molecule has 3 aromatic rings. The van der Waals surface area contributed by atoms with E-state index in [1.165, 1.54) is 40.4 Å². The third-order valence-electron chi connectivity index (χ3n) is 4.60. The first kappa shape index (κ1) is 25.1. The lowest BCUT2D eigenvalue weighted by Crippen LogP contribution is -2.12. The molecule has 0 aliphatic heterocycles. The maximum absolute atomic E-state index is 13.3. The smallest absolute Gasteiger partial charge is 0.308 e. The van der Waals surface area contributed by atoms with E-state index in [0.717, 1.165) is 19.9 Å². The van der Waals surface area contributed by atoms with Crippen molar-refractivity contribution in [2.45, 2.75) is 20.8 Å². The number of hydrogen-bond acceptors (Lipinski definition) is 11. The fourth-order valence-electron chi connectivity index (χ4n) is 3.35. The molecule has 184 valence electrons. The van der Waals surface area contributed by atoms with Crippen LogP contribution >= 0.6 is 0 Å². The third kappa shape index (κ3) is 5.03. The van der Waals surface area contributed by atoms with Gasteiger partial charge in [-0.25, -0.2) is 0 Å². The molecule has 0 spiro atoms. The van der Waals surface area contributed by atoms with Crippen LogP contribution in [0.2, 0.25) is 0 Å². The van der Waals surface area contributed by atoms with E-state index in [9.17, 15) is 19.2 Å². The average molecular weight is 486 g/mol. The van der Waals surface area contributed by atoms with Gasteiger partial charge < -0.3 is 32.8 Å². The van der Waals surface area contributed by atoms with Gasteiger partial charge in [-0.1, -0.05) is 0 Å². The van der Waals surface area contributed by atoms with Crippen LogP contribution in [-0.2, 0) is 14.4 Å². The van der Waals surface area contributed by atoms with Crippen molar-refractivity contribution in [2.24, 2.45) is 0 Å². The van der Waals surface area contributed by atoms with Crippen LogP contribution in [0.15, 0.2) is 33.5 Å². The number of esters is 3. The van der Waals surface area contributed by atoms with Gasteiger partial charge >= 0.3 is 17.9 Å². The molecule has 0 radical (unpaired) electrons. The quantitative estimate of drug-likeness (QED) is 0.359. The summed E-state index contributed by atoms with van der Waals surface area (Å²) >= 11 is 0. The Kier molecular flexibility index (Phi) is 7.28. The van der Waals surface area contributed by atoms with Crippen LogP contribution in [-0.4, -0.2) is 39.2 Å². The zero-order chi connectivity index (χ0) is 25.9. The standard InChI is InChI=1S/C24H22O11/c1-11(25)32-18-9-14(7-8-16(18)29-4)17-10-15(28)19-20(33-12(2)26)22(30-5)24(34-13(3)27)23(31-6)21(19)35-17/h7-10H,1-6H3. The maximum Gasteiger partial charge on any atom is 0.308 e. The number of benzene rings is 2. The molecule has 11 nitrogen and oxygen atoms in total. The molecular weight excluding hydrogens is 464 g/mol. The zero-order valence-electron chi connectivity index (χ0n) is 19.8. The van der Waals surface area contributed by atoms with E-state index >= 15 is 0 Å². The Hall–Kier alpha value is -4.54. The fourth-order valence-corrected chi connectivity index (χ4v) is 3.35. The largest absolute Gasteiger partial charge is 0.493 e. The Morgan fingerprint density at radius 1 is 0.686 bits per heavy atom. The van der Waals surface area contributed by atoms with Gasteiger partial charge in [0.1, 0.15) is 11.1 Å². The molecule has 0 fully saturated rings. The van der Waals surface area contributed by atoms with Crippen molar-refractivity contribution in [2.75, 3.05) is 21.3 Å². The topological polar surface area (TPSA) is 137 Å². The first-order valence-corrected chi connectivity index (χ1v) is 10.1. The second kappa shape index (κ2) is 10.2. The van der Waals surface area contributed by atoms with Crippen LogP contribution in [0.25, 0.3) is 22.3 Å². The lowest BCUT2D eigenvalue weighted by Gasteiger charge is -2.18. The molecule has 0 bridgehead atoms. The first-order valence-electron chi connectivity index (χ1n) is 10.1. The third-order valence-corrected chi connectivity index (χ3v) is 4.60. The van der Waals surface area contributed by atoms with E-state index in [0.29, 0.717) is 5.56 Å². The summed E-state index contributed by atoms with van der Waals surface area (Å²) in [5.74, 6) is -2.54. The molecule has 1 heterocycles. The Morgan fingerprint density at radius 3 is 1.83 bits per heavy atom. The summed E-state index contributed by atoms with van der Waals surface area (Å²) in [5.41, 5.74) is -0.441. The summed E-state index contributed by atoms with van der Waals surface area (Å²) in [6.45, 7) is 3.51. The molecule has 11 heteroatoms. The molecule has 1 aromatic heterocycles. The summed E-state index contributed by atoms with van der Waals surface area (Å²) in [6.07, 6.45) is 0. The number of carbonyl (C=O) groups excluding carboxylic acids is 3. The molecule has 35 heavy (non-hydrogen) atoms. The predicted octanol–water partition coefficient (Wildman–Crippen LogP) is 3.26. The van der Waals surface area contributed by atoms with Crippen molar-refractivity contribution in [1.82, 2.24) is 0 Å².